The van der Waals surface area contributed by atoms with Gasteiger partial charge in [0.05, 0.1) is 18.7 Å². The Morgan fingerprint density at radius 3 is 1.97 bits per heavy atom. The summed E-state index contributed by atoms with van der Waals surface area (Å²) in [6.45, 7) is 0.0646. The first-order valence-corrected chi connectivity index (χ1v) is 22.8. The molecule has 5 aromatic carbocycles. The third kappa shape index (κ3) is 9.14. The molecule has 2 aliphatic carbocycles. The molecule has 2 N–H and O–H groups in total. The highest BCUT2D eigenvalue weighted by Crippen LogP contribution is 2.50. The lowest BCUT2D eigenvalue weighted by Crippen LogP contribution is -2.62. The number of carbonyl (C=O) groups is 2. The molecule has 1 heterocycles. The number of hydroxylamine groups is 1. The maximum absolute atomic E-state index is 15.3. The molecule has 3 atom stereocenters. The molecule has 10 nitrogen and oxygen atoms in total. The number of carbonyl (C=O) groups excluding carboxylic acids is 2. The van der Waals surface area contributed by atoms with Gasteiger partial charge < -0.3 is 9.64 Å². The fourth-order valence-corrected chi connectivity index (χ4v) is 10.9. The Morgan fingerprint density at radius 1 is 0.738 bits per heavy atom. The molecule has 16 heteroatoms. The van der Waals surface area contributed by atoms with Gasteiger partial charge in [-0.3, -0.25) is 19.9 Å². The molecule has 5 aromatic rings. The van der Waals surface area contributed by atoms with Crippen LogP contribution in [0.2, 0.25) is 0 Å². The molecular weight excluding hydrogens is 868 g/mol. The highest BCUT2D eigenvalue weighted by atomic mass is 32.2. The van der Waals surface area contributed by atoms with E-state index >= 15 is 13.6 Å². The van der Waals surface area contributed by atoms with E-state index in [1.807, 2.05) is 84.9 Å². The lowest BCUT2D eigenvalue weighted by atomic mass is 9.68. The molecule has 0 saturated heterocycles. The number of hydrazone groups is 1. The summed E-state index contributed by atoms with van der Waals surface area (Å²) in [4.78, 5) is 31.1. The zero-order valence-electron chi connectivity index (χ0n) is 35.0. The van der Waals surface area contributed by atoms with Crippen LogP contribution < -0.4 is 20.5 Å². The molecular formula is C49H45F5N4O6S. The van der Waals surface area contributed by atoms with Crippen LogP contribution in [0, 0.1) is 40.9 Å². The molecule has 65 heavy (non-hydrogen) atoms. The van der Waals surface area contributed by atoms with Crippen molar-refractivity contribution < 1.29 is 49.5 Å². The van der Waals surface area contributed by atoms with Gasteiger partial charge in [-0.2, -0.15) is 5.10 Å². The topological polar surface area (TPSA) is 126 Å². The smallest absolute Gasteiger partial charge is 0.278 e. The van der Waals surface area contributed by atoms with E-state index in [-0.39, 0.29) is 49.6 Å². The molecule has 0 aromatic heterocycles. The van der Waals surface area contributed by atoms with Crippen molar-refractivity contribution in [3.63, 3.8) is 0 Å². The number of benzene rings is 5. The summed E-state index contributed by atoms with van der Waals surface area (Å²) in [5.41, 5.74) is 8.65. The van der Waals surface area contributed by atoms with Crippen molar-refractivity contribution in [2.24, 2.45) is 16.9 Å². The van der Waals surface area contributed by atoms with Crippen molar-refractivity contribution in [3.8, 4) is 5.75 Å². The SMILES string of the molecule is O=C(NOCc1ccccc1)c1ccc(N(Cc2ccc(C3CCCCC3)cc2)C(=O)C2CC[C@H]2C2(S(=O)(=O)c3c(F)c(F)c(F)c(F)c3F)C=CC=NN2)cc1OCc1ccccc1. The Bertz CT molecular complexity index is 2690. The van der Waals surface area contributed by atoms with Crippen molar-refractivity contribution >= 4 is 33.6 Å². The monoisotopic (exact) mass is 912 g/mol. The minimum Gasteiger partial charge on any atom is -0.488 e. The Labute approximate surface area is 373 Å². The third-order valence-corrected chi connectivity index (χ3v) is 14.8. The third-order valence-electron chi connectivity index (χ3n) is 12.4. The average Bonchev–Trinajstić information content (AvgIpc) is 3.32. The van der Waals surface area contributed by atoms with Crippen LogP contribution in [-0.2, 0) is 39.2 Å². The highest BCUT2D eigenvalue weighted by molar-refractivity contribution is 7.93. The van der Waals surface area contributed by atoms with Crippen LogP contribution in [0.1, 0.15) is 83.5 Å². The Kier molecular flexibility index (Phi) is 13.5. The van der Waals surface area contributed by atoms with E-state index in [4.69, 9.17) is 9.57 Å². The molecule has 0 radical (unpaired) electrons. The lowest BCUT2D eigenvalue weighted by Gasteiger charge is -2.48. The van der Waals surface area contributed by atoms with Crippen molar-refractivity contribution in [1.82, 2.24) is 10.9 Å². The predicted octanol–water partition coefficient (Wildman–Crippen LogP) is 9.75. The Morgan fingerprint density at radius 2 is 1.37 bits per heavy atom. The summed E-state index contributed by atoms with van der Waals surface area (Å²) >= 11 is 0. The van der Waals surface area contributed by atoms with E-state index in [1.54, 1.807) is 0 Å². The number of halogens is 5. The summed E-state index contributed by atoms with van der Waals surface area (Å²) in [7, 11) is -5.57. The second-order valence-corrected chi connectivity index (χ2v) is 18.5. The zero-order chi connectivity index (χ0) is 45.7. The van der Waals surface area contributed by atoms with Gasteiger partial charge >= 0.3 is 0 Å². The van der Waals surface area contributed by atoms with Crippen LogP contribution in [0.25, 0.3) is 0 Å². The van der Waals surface area contributed by atoms with E-state index in [0.717, 1.165) is 55.2 Å². The Hall–Kier alpha value is -6.39. The molecule has 0 bridgehead atoms. The van der Waals surface area contributed by atoms with E-state index in [2.05, 4.69) is 16.0 Å². The average molecular weight is 913 g/mol. The molecule has 1 aliphatic heterocycles. The molecule has 2 saturated carbocycles. The molecule has 8 rings (SSSR count). The number of ether oxygens (including phenoxy) is 1. The van der Waals surface area contributed by atoms with Crippen molar-refractivity contribution in [2.45, 2.75) is 80.4 Å². The maximum atomic E-state index is 15.3. The molecule has 3 aliphatic rings. The van der Waals surface area contributed by atoms with E-state index in [0.29, 0.717) is 11.5 Å². The van der Waals surface area contributed by atoms with Crippen LogP contribution in [0.5, 0.6) is 5.75 Å². The van der Waals surface area contributed by atoms with Gasteiger partial charge in [0.25, 0.3) is 5.91 Å². The molecule has 2 amide bonds. The molecule has 0 spiro atoms. The summed E-state index contributed by atoms with van der Waals surface area (Å²) in [5, 5.41) is 3.84. The first kappa shape index (κ1) is 45.2. The Balaban J connectivity index is 1.16. The highest BCUT2D eigenvalue weighted by Gasteiger charge is 2.60. The van der Waals surface area contributed by atoms with Gasteiger partial charge in [0.15, 0.2) is 28.1 Å². The molecule has 2 fully saturated rings. The van der Waals surface area contributed by atoms with E-state index in [1.165, 1.54) is 35.1 Å². The van der Waals surface area contributed by atoms with Crippen molar-refractivity contribution in [3.05, 3.63) is 172 Å². The second kappa shape index (κ2) is 19.4. The van der Waals surface area contributed by atoms with Crippen LogP contribution in [-0.4, -0.2) is 31.3 Å². The van der Waals surface area contributed by atoms with Gasteiger partial charge in [-0.05, 0) is 78.1 Å². The minimum atomic E-state index is -5.57. The molecule has 338 valence electrons. The standard InChI is InChI=1S/C49H45F5N4O6S/c50-41-42(51)44(53)46(45(54)43(41)52)65(61,62)49(25-10-26-55-57-49)39-24-23-37(39)48(60)58(28-31-17-19-35(20-18-31)34-15-8-3-9-16-34)36-21-22-38(40(27-36)63-29-32-11-4-1-5-12-32)47(59)56-64-30-33-13-6-2-7-14-33/h1-2,4-7,10-14,17-22,25-27,34,37,39,57H,3,8-9,15-16,23-24,28-30H2,(H,56,59)/t37?,39-,49?/m1/s1. The van der Waals surface area contributed by atoms with E-state index < -0.39 is 72.3 Å². The number of allylic oxidation sites excluding steroid dienone is 1. The van der Waals surface area contributed by atoms with Gasteiger partial charge in [-0.25, -0.2) is 35.8 Å². The minimum absolute atomic E-state index is 0.0185. The molecule has 2 unspecified atom stereocenters. The van der Waals surface area contributed by atoms with Gasteiger partial charge in [0, 0.05) is 29.8 Å². The zero-order valence-corrected chi connectivity index (χ0v) is 35.8. The van der Waals surface area contributed by atoms with E-state index in [9.17, 15) is 26.4 Å². The van der Waals surface area contributed by atoms with Gasteiger partial charge in [0.1, 0.15) is 17.3 Å². The number of amides is 2. The summed E-state index contributed by atoms with van der Waals surface area (Å²) < 4.78 is 109. The fourth-order valence-electron chi connectivity index (χ4n) is 8.80. The lowest BCUT2D eigenvalue weighted by molar-refractivity contribution is -0.128. The van der Waals surface area contributed by atoms with Gasteiger partial charge in [0.2, 0.25) is 21.6 Å². The number of rotatable bonds is 15. The first-order chi connectivity index (χ1) is 31.4. The summed E-state index contributed by atoms with van der Waals surface area (Å²) in [6.07, 6.45) is 8.98. The number of hydrogen-bond acceptors (Lipinski definition) is 8. The second-order valence-electron chi connectivity index (χ2n) is 16.4. The number of anilines is 1. The number of nitrogens with one attached hydrogen (secondary N) is 2. The first-order valence-electron chi connectivity index (χ1n) is 21.3. The van der Waals surface area contributed by atoms with Crippen LogP contribution in [0.15, 0.2) is 125 Å². The van der Waals surface area contributed by atoms with Gasteiger partial charge in [-0.1, -0.05) is 104 Å². The van der Waals surface area contributed by atoms with Gasteiger partial charge in [-0.15, -0.1) is 0 Å². The van der Waals surface area contributed by atoms with Crippen LogP contribution >= 0.6 is 0 Å². The number of nitrogens with zero attached hydrogens (tertiary/aromatic N) is 2. The normalized spacial score (nSPS) is 19.5. The largest absolute Gasteiger partial charge is 0.488 e. The summed E-state index contributed by atoms with van der Waals surface area (Å²) in [6, 6.07) is 30.8. The maximum Gasteiger partial charge on any atom is 0.278 e. The predicted molar refractivity (Wildman–Crippen MR) is 233 cm³/mol. The van der Waals surface area contributed by atoms with Crippen LogP contribution in [0.4, 0.5) is 27.6 Å². The number of hydrogen-bond donors (Lipinski definition) is 2. The van der Waals surface area contributed by atoms with Crippen LogP contribution in [0.3, 0.4) is 0 Å². The van der Waals surface area contributed by atoms with Crippen molar-refractivity contribution in [1.29, 1.82) is 0 Å². The fraction of sp³-hybridized carbons (Fsp3) is 0.286. The quantitative estimate of drug-likeness (QED) is 0.0352. The van der Waals surface area contributed by atoms with Crippen molar-refractivity contribution in [2.75, 3.05) is 4.90 Å². The number of sulfone groups is 1. The summed E-state index contributed by atoms with van der Waals surface area (Å²) in [5.74, 6) is -15.8.